The van der Waals surface area contributed by atoms with Crippen molar-refractivity contribution in [2.45, 2.75) is 24.9 Å². The molecule has 1 heterocycles. The number of carbonyl (C=O) groups is 2. The van der Waals surface area contributed by atoms with E-state index in [9.17, 15) is 9.59 Å². The monoisotopic (exact) mass is 316 g/mol. The number of amides is 2. The topological polar surface area (TPSA) is 78.7 Å². The lowest BCUT2D eigenvalue weighted by atomic mass is 10.0. The van der Waals surface area contributed by atoms with Gasteiger partial charge in [0.2, 0.25) is 11.8 Å². The maximum Gasteiger partial charge on any atom is 0.239 e. The molecule has 1 atom stereocenters. The SMILES string of the molecule is NC(=O)[C@H](c1ccccc1)N1CCN(CC(=O)NC2CC2)CC1. The van der Waals surface area contributed by atoms with Crippen LogP contribution in [0.2, 0.25) is 0 Å². The Morgan fingerprint density at radius 1 is 1.13 bits per heavy atom. The first kappa shape index (κ1) is 16.0. The molecule has 1 aliphatic carbocycles. The Bertz CT molecular complexity index is 551. The van der Waals surface area contributed by atoms with Crippen LogP contribution in [0.3, 0.4) is 0 Å². The Kier molecular flexibility index (Phi) is 4.93. The standard InChI is InChI=1S/C17H24N4O2/c18-17(23)16(13-4-2-1-3-5-13)21-10-8-20(9-11-21)12-15(22)19-14-6-7-14/h1-5,14,16H,6-12H2,(H2,18,23)(H,19,22)/t16-/m0/s1. The minimum Gasteiger partial charge on any atom is -0.368 e. The minimum absolute atomic E-state index is 0.107. The predicted octanol–water partition coefficient (Wildman–Crippen LogP) is 0.109. The van der Waals surface area contributed by atoms with Crippen molar-refractivity contribution in [3.05, 3.63) is 35.9 Å². The van der Waals surface area contributed by atoms with Gasteiger partial charge in [-0.1, -0.05) is 30.3 Å². The fraction of sp³-hybridized carbons (Fsp3) is 0.529. The van der Waals surface area contributed by atoms with Gasteiger partial charge in [0.1, 0.15) is 6.04 Å². The largest absolute Gasteiger partial charge is 0.368 e. The molecule has 1 aromatic rings. The molecule has 6 heteroatoms. The number of piperazine rings is 1. The number of nitrogens with two attached hydrogens (primary N) is 1. The van der Waals surface area contributed by atoms with Gasteiger partial charge in [0, 0.05) is 32.2 Å². The third-order valence-electron chi connectivity index (χ3n) is 4.47. The highest BCUT2D eigenvalue weighted by Gasteiger charge is 2.30. The lowest BCUT2D eigenvalue weighted by Crippen LogP contribution is -2.52. The Morgan fingerprint density at radius 2 is 1.78 bits per heavy atom. The Labute approximate surface area is 136 Å². The van der Waals surface area contributed by atoms with E-state index in [1.54, 1.807) is 0 Å². The third-order valence-corrected chi connectivity index (χ3v) is 4.47. The van der Waals surface area contributed by atoms with E-state index in [1.165, 1.54) is 0 Å². The summed E-state index contributed by atoms with van der Waals surface area (Å²) in [6.07, 6.45) is 2.22. The average Bonchev–Trinajstić information content (AvgIpc) is 3.34. The molecule has 2 fully saturated rings. The van der Waals surface area contributed by atoms with E-state index in [4.69, 9.17) is 5.73 Å². The molecule has 2 amide bonds. The quantitative estimate of drug-likeness (QED) is 0.781. The normalized spacial score (nSPS) is 20.9. The number of primary amides is 1. The Morgan fingerprint density at radius 3 is 2.35 bits per heavy atom. The van der Waals surface area contributed by atoms with Crippen molar-refractivity contribution in [2.24, 2.45) is 5.73 Å². The van der Waals surface area contributed by atoms with E-state index in [0.29, 0.717) is 12.6 Å². The van der Waals surface area contributed by atoms with Crippen LogP contribution in [0.25, 0.3) is 0 Å². The Balaban J connectivity index is 1.54. The molecule has 3 N–H and O–H groups in total. The van der Waals surface area contributed by atoms with Gasteiger partial charge in [-0.25, -0.2) is 0 Å². The molecule has 23 heavy (non-hydrogen) atoms. The number of rotatable bonds is 6. The van der Waals surface area contributed by atoms with E-state index < -0.39 is 6.04 Å². The molecule has 1 saturated heterocycles. The van der Waals surface area contributed by atoms with Crippen LogP contribution >= 0.6 is 0 Å². The average molecular weight is 316 g/mol. The van der Waals surface area contributed by atoms with E-state index in [-0.39, 0.29) is 11.8 Å². The number of nitrogens with zero attached hydrogens (tertiary/aromatic N) is 2. The van der Waals surface area contributed by atoms with Crippen LogP contribution in [-0.4, -0.2) is 60.4 Å². The van der Waals surface area contributed by atoms with Gasteiger partial charge >= 0.3 is 0 Å². The van der Waals surface area contributed by atoms with Gasteiger partial charge in [0.05, 0.1) is 6.54 Å². The van der Waals surface area contributed by atoms with Crippen molar-refractivity contribution in [1.29, 1.82) is 0 Å². The number of benzene rings is 1. The summed E-state index contributed by atoms with van der Waals surface area (Å²) in [6.45, 7) is 3.46. The summed E-state index contributed by atoms with van der Waals surface area (Å²) in [5.41, 5.74) is 6.55. The molecule has 124 valence electrons. The first-order valence-corrected chi connectivity index (χ1v) is 8.23. The van der Waals surface area contributed by atoms with E-state index in [1.807, 2.05) is 30.3 Å². The van der Waals surface area contributed by atoms with Crippen LogP contribution in [0.5, 0.6) is 0 Å². The molecule has 0 spiro atoms. The summed E-state index contributed by atoms with van der Waals surface area (Å²) in [7, 11) is 0. The molecule has 1 saturated carbocycles. The second-order valence-electron chi connectivity index (χ2n) is 6.37. The van der Waals surface area contributed by atoms with Crippen LogP contribution < -0.4 is 11.1 Å². The van der Waals surface area contributed by atoms with Crippen LogP contribution in [0.15, 0.2) is 30.3 Å². The van der Waals surface area contributed by atoms with Crippen molar-refractivity contribution in [3.63, 3.8) is 0 Å². The van der Waals surface area contributed by atoms with Crippen LogP contribution in [0.4, 0.5) is 0 Å². The molecule has 2 aliphatic rings. The maximum absolute atomic E-state index is 11.9. The molecular formula is C17H24N4O2. The highest BCUT2D eigenvalue weighted by atomic mass is 16.2. The van der Waals surface area contributed by atoms with Gasteiger partial charge in [-0.15, -0.1) is 0 Å². The summed E-state index contributed by atoms with van der Waals surface area (Å²) in [4.78, 5) is 28.0. The first-order chi connectivity index (χ1) is 11.1. The van der Waals surface area contributed by atoms with Gasteiger partial charge in [0.15, 0.2) is 0 Å². The minimum atomic E-state index is -0.390. The first-order valence-electron chi connectivity index (χ1n) is 8.23. The summed E-state index contributed by atoms with van der Waals surface area (Å²) in [6, 6.07) is 9.65. The van der Waals surface area contributed by atoms with Gasteiger partial charge in [0.25, 0.3) is 0 Å². The maximum atomic E-state index is 11.9. The van der Waals surface area contributed by atoms with Crippen molar-refractivity contribution in [2.75, 3.05) is 32.7 Å². The highest BCUT2D eigenvalue weighted by molar-refractivity contribution is 5.81. The van der Waals surface area contributed by atoms with Gasteiger partial charge in [-0.3, -0.25) is 19.4 Å². The smallest absolute Gasteiger partial charge is 0.239 e. The molecule has 0 bridgehead atoms. The molecular weight excluding hydrogens is 292 g/mol. The molecule has 1 aliphatic heterocycles. The number of hydrogen-bond acceptors (Lipinski definition) is 4. The summed E-state index contributed by atoms with van der Waals surface area (Å²) < 4.78 is 0. The second-order valence-corrected chi connectivity index (χ2v) is 6.37. The molecule has 6 nitrogen and oxygen atoms in total. The van der Waals surface area contributed by atoms with Crippen molar-refractivity contribution >= 4 is 11.8 Å². The molecule has 0 unspecified atom stereocenters. The fourth-order valence-electron chi connectivity index (χ4n) is 3.07. The third kappa shape index (κ3) is 4.30. The van der Waals surface area contributed by atoms with Crippen molar-refractivity contribution in [1.82, 2.24) is 15.1 Å². The number of nitrogens with one attached hydrogen (secondary N) is 1. The summed E-state index contributed by atoms with van der Waals surface area (Å²) >= 11 is 0. The van der Waals surface area contributed by atoms with E-state index >= 15 is 0 Å². The highest BCUT2D eigenvalue weighted by Crippen LogP contribution is 2.22. The van der Waals surface area contributed by atoms with Gasteiger partial charge in [-0.05, 0) is 18.4 Å². The number of hydrogen-bond donors (Lipinski definition) is 2. The van der Waals surface area contributed by atoms with E-state index in [2.05, 4.69) is 15.1 Å². The summed E-state index contributed by atoms with van der Waals surface area (Å²) in [5.74, 6) is -0.216. The van der Waals surface area contributed by atoms with Crippen molar-refractivity contribution < 1.29 is 9.59 Å². The lowest BCUT2D eigenvalue weighted by Gasteiger charge is -2.38. The van der Waals surface area contributed by atoms with E-state index in [0.717, 1.165) is 44.6 Å². The fourth-order valence-corrected chi connectivity index (χ4v) is 3.07. The molecule has 0 radical (unpaired) electrons. The zero-order valence-corrected chi connectivity index (χ0v) is 13.3. The molecule has 1 aromatic carbocycles. The van der Waals surface area contributed by atoms with Gasteiger partial charge < -0.3 is 11.1 Å². The van der Waals surface area contributed by atoms with Crippen molar-refractivity contribution in [3.8, 4) is 0 Å². The molecule has 0 aromatic heterocycles. The predicted molar refractivity (Wildman–Crippen MR) is 87.6 cm³/mol. The van der Waals surface area contributed by atoms with Crippen LogP contribution in [-0.2, 0) is 9.59 Å². The lowest BCUT2D eigenvalue weighted by molar-refractivity contribution is -0.126. The van der Waals surface area contributed by atoms with Crippen LogP contribution in [0, 0.1) is 0 Å². The zero-order chi connectivity index (χ0) is 16.2. The zero-order valence-electron chi connectivity index (χ0n) is 13.3. The second kappa shape index (κ2) is 7.10. The summed E-state index contributed by atoms with van der Waals surface area (Å²) in [5, 5.41) is 3.01. The van der Waals surface area contributed by atoms with Gasteiger partial charge in [-0.2, -0.15) is 0 Å². The van der Waals surface area contributed by atoms with Crippen LogP contribution in [0.1, 0.15) is 24.4 Å². The molecule has 3 rings (SSSR count). The Hall–Kier alpha value is -1.92. The number of carbonyl (C=O) groups excluding carboxylic acids is 2.